The second-order valence-electron chi connectivity index (χ2n) is 4.59. The molecule has 5 heteroatoms. The van der Waals surface area contributed by atoms with Gasteiger partial charge in [0.05, 0.1) is 11.7 Å². The predicted octanol–water partition coefficient (Wildman–Crippen LogP) is 1.62. The third-order valence-corrected chi connectivity index (χ3v) is 2.55. The Morgan fingerprint density at radius 1 is 1.44 bits per heavy atom. The number of amides is 1. The van der Waals surface area contributed by atoms with E-state index in [1.807, 2.05) is 6.07 Å². The second kappa shape index (κ2) is 5.52. The molecule has 1 rings (SSSR count). The van der Waals surface area contributed by atoms with Gasteiger partial charge >= 0.3 is 6.09 Å². The second-order valence-corrected chi connectivity index (χ2v) is 4.59. The molecule has 0 aliphatic rings. The van der Waals surface area contributed by atoms with Gasteiger partial charge in [0.15, 0.2) is 0 Å². The van der Waals surface area contributed by atoms with Gasteiger partial charge < -0.3 is 15.5 Å². The number of nitriles is 1. The van der Waals surface area contributed by atoms with Crippen LogP contribution in [-0.2, 0) is 12.0 Å². The molecule has 1 atom stereocenters. The van der Waals surface area contributed by atoms with Crippen molar-refractivity contribution in [1.82, 2.24) is 5.32 Å². The number of carbonyl (C=O) groups is 1. The van der Waals surface area contributed by atoms with Crippen molar-refractivity contribution in [1.29, 1.82) is 5.26 Å². The Morgan fingerprint density at radius 3 is 2.39 bits per heavy atom. The minimum Gasteiger partial charge on any atom is -0.465 e. The molecule has 0 aliphatic carbocycles. The Bertz CT molecular complexity index is 455. The highest BCUT2D eigenvalue weighted by Gasteiger charge is 2.16. The quantitative estimate of drug-likeness (QED) is 0.754. The molecular formula is C13H16N2O3. The fourth-order valence-electron chi connectivity index (χ4n) is 1.56. The van der Waals surface area contributed by atoms with Gasteiger partial charge in [-0.25, -0.2) is 4.79 Å². The van der Waals surface area contributed by atoms with Crippen LogP contribution in [0.15, 0.2) is 24.3 Å². The fourth-order valence-corrected chi connectivity index (χ4v) is 1.56. The zero-order valence-electron chi connectivity index (χ0n) is 10.3. The fraction of sp³-hybridized carbons (Fsp3) is 0.385. The summed E-state index contributed by atoms with van der Waals surface area (Å²) < 4.78 is 0. The molecule has 0 spiro atoms. The summed E-state index contributed by atoms with van der Waals surface area (Å²) in [5, 5.41) is 29.3. The van der Waals surface area contributed by atoms with Gasteiger partial charge in [0.2, 0.25) is 0 Å². The van der Waals surface area contributed by atoms with Crippen LogP contribution in [0.5, 0.6) is 0 Å². The first-order valence-corrected chi connectivity index (χ1v) is 5.54. The molecule has 0 bridgehead atoms. The lowest BCUT2D eigenvalue weighted by atomic mass is 9.96. The highest BCUT2D eigenvalue weighted by atomic mass is 16.4. The lowest BCUT2D eigenvalue weighted by molar-refractivity contribution is 0.0786. The van der Waals surface area contributed by atoms with E-state index < -0.39 is 17.7 Å². The standard InChI is InChI=1S/C13H16N2O3/c1-13(2,18)10-5-3-9(4-6-10)7-11(8-14)15-12(16)17/h3-6,11,15,18H,7H2,1-2H3,(H,16,17)/t11-/m0/s1. The summed E-state index contributed by atoms with van der Waals surface area (Å²) in [7, 11) is 0. The topological polar surface area (TPSA) is 93.4 Å². The van der Waals surface area contributed by atoms with Crippen LogP contribution in [0.25, 0.3) is 0 Å². The van der Waals surface area contributed by atoms with Crippen LogP contribution < -0.4 is 5.32 Å². The highest BCUT2D eigenvalue weighted by molar-refractivity contribution is 5.65. The van der Waals surface area contributed by atoms with Gasteiger partial charge in [-0.2, -0.15) is 5.26 Å². The Hall–Kier alpha value is -2.06. The first-order chi connectivity index (χ1) is 8.32. The molecule has 0 aromatic heterocycles. The molecule has 0 fully saturated rings. The van der Waals surface area contributed by atoms with E-state index >= 15 is 0 Å². The number of nitrogens with zero attached hydrogens (tertiary/aromatic N) is 1. The van der Waals surface area contributed by atoms with Gasteiger partial charge in [0.1, 0.15) is 6.04 Å². The Kier molecular flexibility index (Phi) is 4.29. The molecular weight excluding hydrogens is 232 g/mol. The SMILES string of the molecule is CC(C)(O)c1ccc(C[C@@H](C#N)NC(=O)O)cc1. The Morgan fingerprint density at radius 2 is 2.00 bits per heavy atom. The van der Waals surface area contributed by atoms with Gasteiger partial charge in [-0.15, -0.1) is 0 Å². The number of carboxylic acid groups (broad SMARTS) is 1. The van der Waals surface area contributed by atoms with Crippen LogP contribution in [0.4, 0.5) is 4.79 Å². The molecule has 0 unspecified atom stereocenters. The van der Waals surface area contributed by atoms with Crippen LogP contribution >= 0.6 is 0 Å². The molecule has 0 heterocycles. The molecule has 1 aromatic carbocycles. The largest absolute Gasteiger partial charge is 0.465 e. The lowest BCUT2D eigenvalue weighted by Crippen LogP contribution is -2.34. The van der Waals surface area contributed by atoms with Crippen LogP contribution in [-0.4, -0.2) is 22.3 Å². The lowest BCUT2D eigenvalue weighted by Gasteiger charge is -2.18. The van der Waals surface area contributed by atoms with E-state index in [0.29, 0.717) is 6.42 Å². The monoisotopic (exact) mass is 248 g/mol. The van der Waals surface area contributed by atoms with E-state index in [-0.39, 0.29) is 0 Å². The molecule has 96 valence electrons. The maximum absolute atomic E-state index is 10.4. The number of rotatable bonds is 4. The highest BCUT2D eigenvalue weighted by Crippen LogP contribution is 2.20. The van der Waals surface area contributed by atoms with Crippen molar-refractivity contribution in [3.05, 3.63) is 35.4 Å². The molecule has 1 aromatic rings. The molecule has 0 saturated carbocycles. The number of aliphatic hydroxyl groups is 1. The smallest absolute Gasteiger partial charge is 0.405 e. The molecule has 0 aliphatic heterocycles. The summed E-state index contributed by atoms with van der Waals surface area (Å²) in [5.74, 6) is 0. The minimum absolute atomic E-state index is 0.301. The first-order valence-electron chi connectivity index (χ1n) is 5.54. The van der Waals surface area contributed by atoms with Crippen LogP contribution in [0.2, 0.25) is 0 Å². The van der Waals surface area contributed by atoms with E-state index in [2.05, 4.69) is 5.32 Å². The third-order valence-electron chi connectivity index (χ3n) is 2.55. The number of benzene rings is 1. The van der Waals surface area contributed by atoms with Crippen molar-refractivity contribution in [2.75, 3.05) is 0 Å². The average Bonchev–Trinajstić information content (AvgIpc) is 2.27. The van der Waals surface area contributed by atoms with Gasteiger partial charge in [0, 0.05) is 6.42 Å². The summed E-state index contributed by atoms with van der Waals surface area (Å²) in [6, 6.07) is 8.21. The molecule has 5 nitrogen and oxygen atoms in total. The van der Waals surface area contributed by atoms with Crippen LogP contribution in [0.1, 0.15) is 25.0 Å². The maximum Gasteiger partial charge on any atom is 0.405 e. The number of hydrogen-bond donors (Lipinski definition) is 3. The van der Waals surface area contributed by atoms with Crippen molar-refractivity contribution < 1.29 is 15.0 Å². The van der Waals surface area contributed by atoms with Gasteiger partial charge in [-0.3, -0.25) is 0 Å². The van der Waals surface area contributed by atoms with E-state index in [0.717, 1.165) is 11.1 Å². The number of hydrogen-bond acceptors (Lipinski definition) is 3. The average molecular weight is 248 g/mol. The summed E-state index contributed by atoms with van der Waals surface area (Å²) >= 11 is 0. The molecule has 1 amide bonds. The normalized spacial score (nSPS) is 12.6. The van der Waals surface area contributed by atoms with Crippen molar-refractivity contribution in [2.45, 2.75) is 31.9 Å². The summed E-state index contributed by atoms with van der Waals surface area (Å²) in [4.78, 5) is 10.4. The van der Waals surface area contributed by atoms with Gasteiger partial charge in [-0.1, -0.05) is 24.3 Å². The van der Waals surface area contributed by atoms with E-state index in [1.165, 1.54) is 0 Å². The molecule has 3 N–H and O–H groups in total. The van der Waals surface area contributed by atoms with Gasteiger partial charge in [0.25, 0.3) is 0 Å². The van der Waals surface area contributed by atoms with Crippen LogP contribution in [0.3, 0.4) is 0 Å². The summed E-state index contributed by atoms with van der Waals surface area (Å²) in [5.41, 5.74) is 0.696. The van der Waals surface area contributed by atoms with Crippen molar-refractivity contribution >= 4 is 6.09 Å². The van der Waals surface area contributed by atoms with E-state index in [9.17, 15) is 9.90 Å². The van der Waals surface area contributed by atoms with Gasteiger partial charge in [-0.05, 0) is 25.0 Å². The predicted molar refractivity (Wildman–Crippen MR) is 66.0 cm³/mol. The maximum atomic E-state index is 10.4. The Balaban J connectivity index is 2.75. The van der Waals surface area contributed by atoms with Crippen LogP contribution in [0, 0.1) is 11.3 Å². The zero-order valence-corrected chi connectivity index (χ0v) is 10.3. The third kappa shape index (κ3) is 4.07. The molecule has 0 radical (unpaired) electrons. The Labute approximate surface area is 106 Å². The van der Waals surface area contributed by atoms with E-state index in [4.69, 9.17) is 10.4 Å². The molecule has 18 heavy (non-hydrogen) atoms. The molecule has 0 saturated heterocycles. The van der Waals surface area contributed by atoms with E-state index in [1.54, 1.807) is 38.1 Å². The van der Waals surface area contributed by atoms with Crippen molar-refractivity contribution in [2.24, 2.45) is 0 Å². The van der Waals surface area contributed by atoms with Crippen molar-refractivity contribution in [3.8, 4) is 6.07 Å². The number of nitrogens with one attached hydrogen (secondary N) is 1. The zero-order chi connectivity index (χ0) is 13.8. The first kappa shape index (κ1) is 14.0. The summed E-state index contributed by atoms with van der Waals surface area (Å²) in [6.45, 7) is 3.37. The van der Waals surface area contributed by atoms with Crippen molar-refractivity contribution in [3.63, 3.8) is 0 Å². The summed E-state index contributed by atoms with van der Waals surface area (Å²) in [6.07, 6.45) is -0.913. The minimum atomic E-state index is -1.21.